The zero-order valence-corrected chi connectivity index (χ0v) is 12.4. The standard InChI is InChI=1S/C13H14BrClO3/c1-2-18-13(17)10-4-3-9(8-15)7-11(10)12(16)5-6-14/h3-4,7H,2,5-6,8H2,1H3. The van der Waals surface area contributed by atoms with Crippen LogP contribution in [0.15, 0.2) is 18.2 Å². The van der Waals surface area contributed by atoms with Crippen molar-refractivity contribution in [3.63, 3.8) is 0 Å². The summed E-state index contributed by atoms with van der Waals surface area (Å²) < 4.78 is 4.93. The lowest BCUT2D eigenvalue weighted by atomic mass is 9.99. The summed E-state index contributed by atoms with van der Waals surface area (Å²) >= 11 is 8.95. The van der Waals surface area contributed by atoms with Gasteiger partial charge in [-0.15, -0.1) is 11.6 Å². The third kappa shape index (κ3) is 3.82. The molecular formula is C13H14BrClO3. The van der Waals surface area contributed by atoms with Crippen LogP contribution in [0.2, 0.25) is 0 Å². The van der Waals surface area contributed by atoms with Gasteiger partial charge in [0.2, 0.25) is 0 Å². The van der Waals surface area contributed by atoms with Crippen LogP contribution in [0.1, 0.15) is 39.6 Å². The number of carbonyl (C=O) groups is 2. The number of alkyl halides is 2. The lowest BCUT2D eigenvalue weighted by Crippen LogP contribution is -2.12. The molecule has 0 fully saturated rings. The fourth-order valence-corrected chi connectivity index (χ4v) is 2.04. The van der Waals surface area contributed by atoms with Crippen molar-refractivity contribution >= 4 is 39.3 Å². The molecule has 1 aromatic carbocycles. The molecule has 0 aliphatic heterocycles. The zero-order valence-electron chi connectivity index (χ0n) is 10.0. The van der Waals surface area contributed by atoms with E-state index in [-0.39, 0.29) is 12.4 Å². The van der Waals surface area contributed by atoms with Crippen molar-refractivity contribution in [2.45, 2.75) is 19.2 Å². The SMILES string of the molecule is CCOC(=O)c1ccc(CCl)cc1C(=O)CCBr. The summed E-state index contributed by atoms with van der Waals surface area (Å²) in [4.78, 5) is 23.7. The normalized spacial score (nSPS) is 10.2. The van der Waals surface area contributed by atoms with E-state index < -0.39 is 5.97 Å². The lowest BCUT2D eigenvalue weighted by Gasteiger charge is -2.09. The summed E-state index contributed by atoms with van der Waals surface area (Å²) in [7, 11) is 0. The summed E-state index contributed by atoms with van der Waals surface area (Å²) in [6.45, 7) is 2.01. The van der Waals surface area contributed by atoms with Crippen LogP contribution in [0, 0.1) is 0 Å². The molecule has 1 aromatic rings. The first kappa shape index (κ1) is 15.2. The summed E-state index contributed by atoms with van der Waals surface area (Å²) in [6, 6.07) is 4.98. The highest BCUT2D eigenvalue weighted by atomic mass is 79.9. The highest BCUT2D eigenvalue weighted by Gasteiger charge is 2.18. The van der Waals surface area contributed by atoms with Gasteiger partial charge >= 0.3 is 5.97 Å². The largest absolute Gasteiger partial charge is 0.462 e. The van der Waals surface area contributed by atoms with Gasteiger partial charge in [-0.2, -0.15) is 0 Å². The van der Waals surface area contributed by atoms with E-state index in [1.165, 1.54) is 0 Å². The predicted octanol–water partition coefficient (Wildman–Crippen LogP) is 3.57. The molecule has 0 heterocycles. The van der Waals surface area contributed by atoms with Gasteiger partial charge in [-0.25, -0.2) is 4.79 Å². The van der Waals surface area contributed by atoms with Gasteiger partial charge < -0.3 is 4.74 Å². The van der Waals surface area contributed by atoms with Gasteiger partial charge in [0.05, 0.1) is 12.2 Å². The molecule has 0 bridgehead atoms. The van der Waals surface area contributed by atoms with E-state index in [2.05, 4.69) is 15.9 Å². The Labute approximate surface area is 120 Å². The van der Waals surface area contributed by atoms with E-state index in [0.29, 0.717) is 28.8 Å². The van der Waals surface area contributed by atoms with Crippen molar-refractivity contribution in [3.8, 4) is 0 Å². The van der Waals surface area contributed by atoms with Crippen LogP contribution in [0.25, 0.3) is 0 Å². The Morgan fingerprint density at radius 1 is 1.33 bits per heavy atom. The molecule has 0 unspecified atom stereocenters. The predicted molar refractivity (Wildman–Crippen MR) is 74.7 cm³/mol. The monoisotopic (exact) mass is 332 g/mol. The molecule has 1 rings (SSSR count). The van der Waals surface area contributed by atoms with E-state index in [9.17, 15) is 9.59 Å². The number of benzene rings is 1. The number of esters is 1. The molecule has 0 saturated carbocycles. The summed E-state index contributed by atoms with van der Waals surface area (Å²) in [5.41, 5.74) is 1.49. The van der Waals surface area contributed by atoms with Crippen LogP contribution >= 0.6 is 27.5 Å². The number of halogens is 2. The average Bonchev–Trinajstić information content (AvgIpc) is 2.38. The van der Waals surface area contributed by atoms with Crippen molar-refractivity contribution in [2.24, 2.45) is 0 Å². The highest BCUT2D eigenvalue weighted by molar-refractivity contribution is 9.09. The molecule has 0 radical (unpaired) electrons. The van der Waals surface area contributed by atoms with E-state index >= 15 is 0 Å². The van der Waals surface area contributed by atoms with E-state index in [0.717, 1.165) is 5.56 Å². The smallest absolute Gasteiger partial charge is 0.338 e. The molecule has 0 saturated heterocycles. The van der Waals surface area contributed by atoms with Gasteiger partial charge in [-0.3, -0.25) is 4.79 Å². The minimum absolute atomic E-state index is 0.0955. The van der Waals surface area contributed by atoms with E-state index in [1.807, 2.05) is 0 Å². The average molecular weight is 334 g/mol. The third-order valence-electron chi connectivity index (χ3n) is 2.36. The fraction of sp³-hybridized carbons (Fsp3) is 0.385. The van der Waals surface area contributed by atoms with Crippen molar-refractivity contribution in [2.75, 3.05) is 11.9 Å². The van der Waals surface area contributed by atoms with E-state index in [1.54, 1.807) is 25.1 Å². The van der Waals surface area contributed by atoms with Crippen LogP contribution in [0.3, 0.4) is 0 Å². The van der Waals surface area contributed by atoms with Crippen LogP contribution in [0.4, 0.5) is 0 Å². The first-order valence-corrected chi connectivity index (χ1v) is 7.24. The molecular weight excluding hydrogens is 319 g/mol. The van der Waals surface area contributed by atoms with Crippen LogP contribution in [-0.2, 0) is 10.6 Å². The Morgan fingerprint density at radius 2 is 2.06 bits per heavy atom. The second-order valence-corrected chi connectivity index (χ2v) is 4.66. The maximum Gasteiger partial charge on any atom is 0.338 e. The Bertz CT molecular complexity index is 446. The molecule has 0 aliphatic carbocycles. The van der Waals surface area contributed by atoms with Gasteiger partial charge in [-0.1, -0.05) is 22.0 Å². The van der Waals surface area contributed by atoms with Crippen molar-refractivity contribution < 1.29 is 14.3 Å². The zero-order chi connectivity index (χ0) is 13.5. The van der Waals surface area contributed by atoms with Gasteiger partial charge in [0, 0.05) is 23.2 Å². The highest BCUT2D eigenvalue weighted by Crippen LogP contribution is 2.17. The van der Waals surface area contributed by atoms with Crippen molar-refractivity contribution in [3.05, 3.63) is 34.9 Å². The van der Waals surface area contributed by atoms with Gasteiger partial charge in [0.1, 0.15) is 0 Å². The molecule has 0 amide bonds. The van der Waals surface area contributed by atoms with Crippen LogP contribution in [-0.4, -0.2) is 23.7 Å². The summed E-state index contributed by atoms with van der Waals surface area (Å²) in [5.74, 6) is -0.268. The van der Waals surface area contributed by atoms with Crippen molar-refractivity contribution in [1.82, 2.24) is 0 Å². The number of hydrogen-bond acceptors (Lipinski definition) is 3. The topological polar surface area (TPSA) is 43.4 Å². The van der Waals surface area contributed by atoms with Gasteiger partial charge in [-0.05, 0) is 24.6 Å². The minimum atomic E-state index is -0.475. The number of carbonyl (C=O) groups excluding carboxylic acids is 2. The van der Waals surface area contributed by atoms with Crippen LogP contribution < -0.4 is 0 Å². The molecule has 3 nitrogen and oxygen atoms in total. The number of ketones is 1. The molecule has 0 aliphatic rings. The first-order chi connectivity index (χ1) is 8.63. The molecule has 5 heteroatoms. The second-order valence-electron chi connectivity index (χ2n) is 3.60. The summed E-state index contributed by atoms with van der Waals surface area (Å²) in [5, 5.41) is 0.555. The summed E-state index contributed by atoms with van der Waals surface area (Å²) in [6.07, 6.45) is 0.331. The quantitative estimate of drug-likeness (QED) is 0.454. The Hall–Kier alpha value is -0.870. The van der Waals surface area contributed by atoms with Gasteiger partial charge in [0.25, 0.3) is 0 Å². The Morgan fingerprint density at radius 3 is 2.61 bits per heavy atom. The van der Waals surface area contributed by atoms with Crippen LogP contribution in [0.5, 0.6) is 0 Å². The molecule has 18 heavy (non-hydrogen) atoms. The first-order valence-electron chi connectivity index (χ1n) is 5.59. The number of Topliss-reactive ketones (excluding diaryl/α,β-unsaturated/α-hetero) is 1. The maximum atomic E-state index is 12.0. The third-order valence-corrected chi connectivity index (χ3v) is 3.06. The molecule has 0 atom stereocenters. The molecule has 0 spiro atoms. The second kappa shape index (κ2) is 7.54. The minimum Gasteiger partial charge on any atom is -0.462 e. The van der Waals surface area contributed by atoms with Crippen molar-refractivity contribution in [1.29, 1.82) is 0 Å². The van der Waals surface area contributed by atoms with Gasteiger partial charge in [0.15, 0.2) is 5.78 Å². The number of hydrogen-bond donors (Lipinski definition) is 0. The Kier molecular flexibility index (Phi) is 6.36. The number of ether oxygens (including phenoxy) is 1. The molecule has 0 N–H and O–H groups in total. The lowest BCUT2D eigenvalue weighted by molar-refractivity contribution is 0.0523. The maximum absolute atomic E-state index is 12.0. The fourth-order valence-electron chi connectivity index (χ4n) is 1.51. The molecule has 0 aromatic heterocycles. The molecule has 98 valence electrons. The Balaban J connectivity index is 3.15. The van der Waals surface area contributed by atoms with E-state index in [4.69, 9.17) is 16.3 Å². The number of rotatable bonds is 6.